The molecule has 0 aliphatic heterocycles. The van der Waals surface area contributed by atoms with Crippen molar-refractivity contribution in [2.24, 2.45) is 5.92 Å². The predicted molar refractivity (Wildman–Crippen MR) is 95.2 cm³/mol. The van der Waals surface area contributed by atoms with Gasteiger partial charge < -0.3 is 32.2 Å². The maximum absolute atomic E-state index is 10.7. The van der Waals surface area contributed by atoms with E-state index in [0.29, 0.717) is 12.5 Å². The standard InChI is InChI=1S/C8H15NO4.C7H13N.HO4P.Pt.H2/c1-4-5-9(2,3)6(7(10)11)8(12)13;1-6-4-2-3-5-7(6)8;1-4-5(2)3;;/h6H,4-5H2,1-3H3,(H-,10,11,12,13);6-8H,1-5H2;1H;;1H/q;-2;;+2;/p+1. The predicted octanol–water partition coefficient (Wildman–Crippen LogP) is 2.18. The number of rotatable bonds is 6. The molecule has 1 aliphatic rings. The van der Waals surface area contributed by atoms with E-state index in [0.717, 1.165) is 12.8 Å². The van der Waals surface area contributed by atoms with Crippen LogP contribution in [0, 0.1) is 12.8 Å². The van der Waals surface area contributed by atoms with Crippen LogP contribution in [0.2, 0.25) is 0 Å². The molecule has 0 aromatic rings. The van der Waals surface area contributed by atoms with Crippen molar-refractivity contribution < 1.29 is 66.2 Å². The van der Waals surface area contributed by atoms with E-state index in [2.05, 4.69) is 11.6 Å². The van der Waals surface area contributed by atoms with E-state index < -0.39 is 26.2 Å². The summed E-state index contributed by atoms with van der Waals surface area (Å²) in [6, 6.07) is -1.23. The van der Waals surface area contributed by atoms with Crippen LogP contribution in [-0.2, 0) is 39.9 Å². The quantitative estimate of drug-likeness (QED) is 0.105. The molecule has 0 amide bonds. The number of nitrogens with zero attached hydrogens (tertiary/aromatic N) is 1. The van der Waals surface area contributed by atoms with Gasteiger partial charge in [0.25, 0.3) is 6.04 Å². The molecule has 164 valence electrons. The zero-order valence-corrected chi connectivity index (χ0v) is 18.9. The number of carboxylic acid groups (broad SMARTS) is 2. The number of nitrogens with one attached hydrogen (secondary N) is 1. The molecular weight excluding hydrogens is 562 g/mol. The fraction of sp³-hybridized carbons (Fsp3) is 0.800. The van der Waals surface area contributed by atoms with Crippen LogP contribution in [0.3, 0.4) is 0 Å². The minimum Gasteiger partial charge on any atom is -0.677 e. The molecule has 3 unspecified atom stereocenters. The topological polar surface area (TPSA) is 168 Å². The van der Waals surface area contributed by atoms with Crippen LogP contribution >= 0.6 is 8.25 Å². The number of quaternary nitrogens is 1. The number of hydrogen-bond acceptors (Lipinski definition) is 6. The summed E-state index contributed by atoms with van der Waals surface area (Å²) >= 11 is 0. The van der Waals surface area contributed by atoms with E-state index in [1.165, 1.54) is 19.3 Å². The second-order valence-corrected chi connectivity index (χ2v) is 7.15. The van der Waals surface area contributed by atoms with Gasteiger partial charge in [-0.3, -0.25) is 0 Å². The van der Waals surface area contributed by atoms with Gasteiger partial charge in [0.15, 0.2) is 0 Å². The van der Waals surface area contributed by atoms with Crippen LogP contribution in [0.25, 0.3) is 5.73 Å². The first kappa shape index (κ1) is 31.2. The zero-order chi connectivity index (χ0) is 20.9. The Morgan fingerprint density at radius 2 is 1.74 bits per heavy atom. The SMILES string of the molecule is CCC[N+](C)(C)C(C(=O)O)C(=O)O.O=[P+]([O-])OO.[CH2-]C1CCCCC1[NH-].[HH].[Pt+2]. The Bertz CT molecular complexity index is 436. The fourth-order valence-corrected chi connectivity index (χ4v) is 2.62. The fourth-order valence-electron chi connectivity index (χ4n) is 2.62. The van der Waals surface area contributed by atoms with Gasteiger partial charge in [-0.1, -0.05) is 32.6 Å². The monoisotopic (exact) mass is 594 g/mol. The van der Waals surface area contributed by atoms with Crippen molar-refractivity contribution in [1.29, 1.82) is 0 Å². The Labute approximate surface area is 176 Å². The summed E-state index contributed by atoms with van der Waals surface area (Å²) in [6.45, 7) is 6.31. The van der Waals surface area contributed by atoms with Crippen LogP contribution in [0.5, 0.6) is 0 Å². The third-order valence-electron chi connectivity index (χ3n) is 3.94. The van der Waals surface area contributed by atoms with Crippen molar-refractivity contribution in [3.05, 3.63) is 12.7 Å². The molecule has 0 saturated heterocycles. The zero-order valence-electron chi connectivity index (χ0n) is 15.8. The van der Waals surface area contributed by atoms with Gasteiger partial charge in [-0.2, -0.15) is 12.0 Å². The van der Waals surface area contributed by atoms with Crippen LogP contribution in [0.4, 0.5) is 0 Å². The molecule has 0 aromatic carbocycles. The third kappa shape index (κ3) is 15.2. The Morgan fingerprint density at radius 3 is 1.96 bits per heavy atom. The molecule has 0 aromatic heterocycles. The van der Waals surface area contributed by atoms with E-state index in [4.69, 9.17) is 30.7 Å². The first-order chi connectivity index (χ1) is 11.9. The Hall–Kier alpha value is -0.472. The van der Waals surface area contributed by atoms with Crippen LogP contribution < -0.4 is 4.89 Å². The largest absolute Gasteiger partial charge is 2.00 e. The van der Waals surface area contributed by atoms with Crippen LogP contribution in [0.15, 0.2) is 0 Å². The average Bonchev–Trinajstić information content (AvgIpc) is 2.50. The minimum absolute atomic E-state index is 0. The molecule has 27 heavy (non-hydrogen) atoms. The van der Waals surface area contributed by atoms with Gasteiger partial charge in [0, 0.05) is 6.10 Å². The van der Waals surface area contributed by atoms with Crippen molar-refractivity contribution in [3.8, 4) is 0 Å². The molecule has 0 bridgehead atoms. The summed E-state index contributed by atoms with van der Waals surface area (Å²) in [4.78, 5) is 30.3. The molecule has 1 fully saturated rings. The van der Waals surface area contributed by atoms with Gasteiger partial charge in [-0.05, 0) is 11.0 Å². The number of carboxylic acids is 2. The second-order valence-electron chi connectivity index (χ2n) is 6.54. The number of carbonyl (C=O) groups is 2. The van der Waals surface area contributed by atoms with Crippen LogP contribution in [0.1, 0.15) is 40.5 Å². The third-order valence-corrected chi connectivity index (χ3v) is 4.08. The molecule has 4 N–H and O–H groups in total. The molecule has 1 aliphatic carbocycles. The van der Waals surface area contributed by atoms with Gasteiger partial charge >= 0.3 is 41.3 Å². The van der Waals surface area contributed by atoms with Crippen molar-refractivity contribution in [2.45, 2.75) is 51.1 Å². The van der Waals surface area contributed by atoms with Crippen LogP contribution in [-0.4, -0.2) is 64.6 Å². The summed E-state index contributed by atoms with van der Waals surface area (Å²) in [6.07, 6.45) is 5.55. The van der Waals surface area contributed by atoms with Crippen molar-refractivity contribution in [3.63, 3.8) is 0 Å². The molecule has 3 atom stereocenters. The first-order valence-corrected chi connectivity index (χ1v) is 9.28. The summed E-state index contributed by atoms with van der Waals surface area (Å²) in [7, 11) is 0.172. The summed E-state index contributed by atoms with van der Waals surface area (Å²) in [5, 5.41) is 24.5. The molecule has 0 spiro atoms. The Kier molecular flexibility index (Phi) is 19.1. The van der Waals surface area contributed by atoms with Gasteiger partial charge in [-0.15, -0.1) is 0 Å². The molecule has 12 heteroatoms. The Balaban J connectivity index is -0.000000165. The van der Waals surface area contributed by atoms with E-state index in [1.54, 1.807) is 14.1 Å². The molecule has 1 rings (SSSR count). The summed E-state index contributed by atoms with van der Waals surface area (Å²) < 4.78 is 11.6. The second kappa shape index (κ2) is 16.5. The molecule has 1 saturated carbocycles. The van der Waals surface area contributed by atoms with E-state index >= 15 is 0 Å². The van der Waals surface area contributed by atoms with Gasteiger partial charge in [0.1, 0.15) is 0 Å². The Morgan fingerprint density at radius 1 is 1.33 bits per heavy atom. The molecular formula is C15H32N2O8PPt+. The molecule has 10 nitrogen and oxygen atoms in total. The molecule has 0 heterocycles. The maximum Gasteiger partial charge on any atom is 2.00 e. The van der Waals surface area contributed by atoms with E-state index in [9.17, 15) is 9.59 Å². The van der Waals surface area contributed by atoms with Crippen molar-refractivity contribution >= 4 is 20.2 Å². The normalized spacial score (nSPS) is 19.5. The van der Waals surface area contributed by atoms with E-state index in [-0.39, 0.29) is 33.0 Å². The maximum atomic E-state index is 10.7. The smallest absolute Gasteiger partial charge is 0.677 e. The van der Waals surface area contributed by atoms with Crippen molar-refractivity contribution in [1.82, 2.24) is 0 Å². The number of hydrogen-bond donors (Lipinski definition) is 3. The number of likely N-dealkylation sites (N-methyl/N-ethyl adjacent to an activating group) is 1. The summed E-state index contributed by atoms with van der Waals surface area (Å²) in [5.74, 6) is -2.15. The van der Waals surface area contributed by atoms with Crippen molar-refractivity contribution in [2.75, 3.05) is 20.6 Å². The van der Waals surface area contributed by atoms with Gasteiger partial charge in [0.05, 0.1) is 20.6 Å². The number of aliphatic carboxylic acids is 2. The summed E-state index contributed by atoms with van der Waals surface area (Å²) in [5.41, 5.74) is 7.42. The molecule has 0 radical (unpaired) electrons. The van der Waals surface area contributed by atoms with Gasteiger partial charge in [0.2, 0.25) is 0 Å². The minimum atomic E-state index is -3.04. The van der Waals surface area contributed by atoms with Gasteiger partial charge in [-0.25, -0.2) is 14.8 Å². The first-order valence-electron chi connectivity index (χ1n) is 8.19. The average molecular weight is 594 g/mol. The van der Waals surface area contributed by atoms with E-state index in [1.807, 2.05) is 6.92 Å².